The van der Waals surface area contributed by atoms with Gasteiger partial charge in [0.05, 0.1) is 13.1 Å². The highest BCUT2D eigenvalue weighted by atomic mass is 19.4. The van der Waals surface area contributed by atoms with Gasteiger partial charge in [-0.05, 0) is 7.05 Å². The Morgan fingerprint density at radius 1 is 1.57 bits per heavy atom. The normalized spacial score (nSPS) is 20.9. The van der Waals surface area contributed by atoms with Crippen LogP contribution in [0.4, 0.5) is 13.2 Å². The summed E-state index contributed by atoms with van der Waals surface area (Å²) in [5.41, 5.74) is 4.75. The maximum absolute atomic E-state index is 12.0. The monoisotopic (exact) mass is 208 g/mol. The van der Waals surface area contributed by atoms with Crippen molar-refractivity contribution in [2.45, 2.75) is 6.18 Å². The van der Waals surface area contributed by atoms with Crippen molar-refractivity contribution in [3.8, 4) is 0 Å². The summed E-state index contributed by atoms with van der Waals surface area (Å²) in [6, 6.07) is 0. The number of halogens is 3. The molecule has 0 aromatic carbocycles. The Hall–Kier alpha value is -1.11. The van der Waals surface area contributed by atoms with Gasteiger partial charge >= 0.3 is 6.18 Å². The summed E-state index contributed by atoms with van der Waals surface area (Å²) in [4.78, 5) is 8.91. The summed E-state index contributed by atoms with van der Waals surface area (Å²) >= 11 is 0. The molecule has 0 spiro atoms. The smallest absolute Gasteiger partial charge is 0.380 e. The van der Waals surface area contributed by atoms with Crippen molar-refractivity contribution >= 4 is 11.7 Å². The zero-order valence-corrected chi connectivity index (χ0v) is 7.67. The van der Waals surface area contributed by atoms with Gasteiger partial charge in [-0.3, -0.25) is 9.89 Å². The van der Waals surface area contributed by atoms with E-state index in [9.17, 15) is 13.2 Å². The summed E-state index contributed by atoms with van der Waals surface area (Å²) in [6.07, 6.45) is -4.57. The first kappa shape index (κ1) is 11.0. The largest absolute Gasteiger partial charge is 0.449 e. The van der Waals surface area contributed by atoms with Gasteiger partial charge in [-0.2, -0.15) is 13.2 Å². The van der Waals surface area contributed by atoms with Crippen LogP contribution in [-0.2, 0) is 0 Å². The van der Waals surface area contributed by atoms with Gasteiger partial charge < -0.3 is 5.73 Å². The van der Waals surface area contributed by atoms with E-state index in [2.05, 4.69) is 9.98 Å². The van der Waals surface area contributed by atoms with Gasteiger partial charge in [0.1, 0.15) is 5.84 Å². The molecule has 0 unspecified atom stereocenters. The summed E-state index contributed by atoms with van der Waals surface area (Å²) in [6.45, 7) is 1.49. The van der Waals surface area contributed by atoms with E-state index < -0.39 is 12.0 Å². The van der Waals surface area contributed by atoms with Crippen LogP contribution in [0.15, 0.2) is 9.98 Å². The van der Waals surface area contributed by atoms with Crippen LogP contribution < -0.4 is 5.73 Å². The second-order valence-corrected chi connectivity index (χ2v) is 3.03. The molecule has 4 nitrogen and oxygen atoms in total. The van der Waals surface area contributed by atoms with Crippen LogP contribution in [-0.4, -0.2) is 49.4 Å². The van der Waals surface area contributed by atoms with Crippen LogP contribution in [0, 0.1) is 0 Å². The third-order valence-corrected chi connectivity index (χ3v) is 1.73. The van der Waals surface area contributed by atoms with E-state index in [0.29, 0.717) is 13.1 Å². The Balaban J connectivity index is 2.72. The molecule has 0 atom stereocenters. The molecule has 80 valence electrons. The molecule has 0 aromatic heterocycles. The molecular weight excluding hydrogens is 197 g/mol. The molecular formula is C7H11F3N4. The van der Waals surface area contributed by atoms with E-state index in [1.165, 1.54) is 0 Å². The number of hydrogen-bond donors (Lipinski definition) is 1. The van der Waals surface area contributed by atoms with E-state index in [4.69, 9.17) is 5.73 Å². The Morgan fingerprint density at radius 2 is 2.21 bits per heavy atom. The first-order valence-electron chi connectivity index (χ1n) is 4.03. The average molecular weight is 208 g/mol. The zero-order chi connectivity index (χ0) is 10.8. The van der Waals surface area contributed by atoms with Gasteiger partial charge in [0, 0.05) is 6.54 Å². The van der Waals surface area contributed by atoms with Crippen molar-refractivity contribution in [2.75, 3.05) is 26.7 Å². The van der Waals surface area contributed by atoms with Crippen molar-refractivity contribution in [3.63, 3.8) is 0 Å². The predicted molar refractivity (Wildman–Crippen MR) is 47.5 cm³/mol. The molecule has 1 rings (SSSR count). The summed E-state index contributed by atoms with van der Waals surface area (Å²) < 4.78 is 35.9. The highest BCUT2D eigenvalue weighted by Crippen LogP contribution is 2.14. The Labute approximate surface area is 79.3 Å². The summed E-state index contributed by atoms with van der Waals surface area (Å²) in [5, 5.41) is 0. The molecule has 0 fully saturated rings. The van der Waals surface area contributed by atoms with Crippen molar-refractivity contribution in [3.05, 3.63) is 0 Å². The minimum Gasteiger partial charge on any atom is -0.380 e. The maximum Gasteiger partial charge on any atom is 0.449 e. The fourth-order valence-corrected chi connectivity index (χ4v) is 0.993. The average Bonchev–Trinajstić information content (AvgIpc) is 2.02. The topological polar surface area (TPSA) is 54.0 Å². The van der Waals surface area contributed by atoms with E-state index in [0.717, 1.165) is 6.54 Å². The van der Waals surface area contributed by atoms with Crippen molar-refractivity contribution in [1.82, 2.24) is 4.90 Å². The number of hydrogen-bond acceptors (Lipinski definition) is 3. The fourth-order valence-electron chi connectivity index (χ4n) is 0.993. The van der Waals surface area contributed by atoms with Gasteiger partial charge in [0.15, 0.2) is 0 Å². The molecule has 1 aliphatic rings. The van der Waals surface area contributed by atoms with Gasteiger partial charge in [0.2, 0.25) is 5.84 Å². The Kier molecular flexibility index (Phi) is 3.10. The first-order valence-corrected chi connectivity index (χ1v) is 4.03. The SMILES string of the molecule is CN1CCN=C(N=C(N)C(F)(F)F)C1. The number of amidine groups is 2. The highest BCUT2D eigenvalue weighted by Gasteiger charge is 2.34. The fraction of sp³-hybridized carbons (Fsp3) is 0.714. The van der Waals surface area contributed by atoms with Crippen LogP contribution >= 0.6 is 0 Å². The third-order valence-electron chi connectivity index (χ3n) is 1.73. The van der Waals surface area contributed by atoms with Crippen LogP contribution in [0.3, 0.4) is 0 Å². The van der Waals surface area contributed by atoms with Crippen LogP contribution in [0.2, 0.25) is 0 Å². The Morgan fingerprint density at radius 3 is 2.71 bits per heavy atom. The minimum atomic E-state index is -4.57. The van der Waals surface area contributed by atoms with E-state index in [1.807, 2.05) is 4.90 Å². The molecule has 1 heterocycles. The van der Waals surface area contributed by atoms with E-state index in [-0.39, 0.29) is 5.84 Å². The quantitative estimate of drug-likeness (QED) is 0.458. The van der Waals surface area contributed by atoms with Gasteiger partial charge in [0.25, 0.3) is 0 Å². The zero-order valence-electron chi connectivity index (χ0n) is 7.67. The molecule has 1 aliphatic heterocycles. The number of nitrogens with two attached hydrogens (primary N) is 1. The standard InChI is InChI=1S/C7H11F3N4/c1-14-3-2-12-5(4-14)13-6(11)7(8,9)10/h2-4H2,1H3,(H2,11,12,13). The minimum absolute atomic E-state index is 0.133. The van der Waals surface area contributed by atoms with Crippen LogP contribution in [0.5, 0.6) is 0 Å². The van der Waals surface area contributed by atoms with Crippen LogP contribution in [0.1, 0.15) is 0 Å². The van der Waals surface area contributed by atoms with Crippen molar-refractivity contribution < 1.29 is 13.2 Å². The molecule has 0 aliphatic carbocycles. The lowest BCUT2D eigenvalue weighted by Gasteiger charge is -2.19. The molecule has 0 amide bonds. The van der Waals surface area contributed by atoms with Crippen molar-refractivity contribution in [2.24, 2.45) is 15.7 Å². The molecule has 2 N–H and O–H groups in total. The lowest BCUT2D eigenvalue weighted by molar-refractivity contribution is -0.0597. The third kappa shape index (κ3) is 2.99. The summed E-state index contributed by atoms with van der Waals surface area (Å²) in [7, 11) is 1.79. The number of alkyl halides is 3. The highest BCUT2D eigenvalue weighted by molar-refractivity contribution is 5.99. The number of likely N-dealkylation sites (N-methyl/N-ethyl adjacent to an activating group) is 1. The number of nitrogens with zero attached hydrogens (tertiary/aromatic N) is 3. The second-order valence-electron chi connectivity index (χ2n) is 3.03. The van der Waals surface area contributed by atoms with E-state index >= 15 is 0 Å². The molecule has 0 saturated heterocycles. The molecule has 0 radical (unpaired) electrons. The van der Waals surface area contributed by atoms with Gasteiger partial charge in [-0.1, -0.05) is 0 Å². The second kappa shape index (κ2) is 3.95. The molecule has 0 aromatic rings. The lowest BCUT2D eigenvalue weighted by Crippen LogP contribution is -2.36. The van der Waals surface area contributed by atoms with Crippen LogP contribution in [0.25, 0.3) is 0 Å². The maximum atomic E-state index is 12.0. The lowest BCUT2D eigenvalue weighted by atomic mass is 10.4. The first-order chi connectivity index (χ1) is 6.39. The number of rotatable bonds is 0. The Bertz CT molecular complexity index is 269. The summed E-state index contributed by atoms with van der Waals surface area (Å²) in [5.74, 6) is -1.21. The molecule has 7 heteroatoms. The van der Waals surface area contributed by atoms with E-state index in [1.54, 1.807) is 7.05 Å². The molecule has 14 heavy (non-hydrogen) atoms. The molecule has 0 saturated carbocycles. The predicted octanol–water partition coefficient (Wildman–Crippen LogP) is 0.250. The molecule has 0 bridgehead atoms. The number of aliphatic imine (C=N–C) groups is 2. The van der Waals surface area contributed by atoms with Gasteiger partial charge in [-0.15, -0.1) is 0 Å². The van der Waals surface area contributed by atoms with Crippen molar-refractivity contribution in [1.29, 1.82) is 0 Å². The van der Waals surface area contributed by atoms with Gasteiger partial charge in [-0.25, -0.2) is 4.99 Å².